The number of benzene rings is 1. The van der Waals surface area contributed by atoms with E-state index < -0.39 is 5.67 Å². The number of rotatable bonds is 4. The molecule has 94 valence electrons. The van der Waals surface area contributed by atoms with E-state index in [1.165, 1.54) is 0 Å². The molecule has 2 N–H and O–H groups in total. The third-order valence-corrected chi connectivity index (χ3v) is 3.57. The van der Waals surface area contributed by atoms with Crippen LogP contribution in [0.5, 0.6) is 0 Å². The molecule has 0 saturated carbocycles. The first kappa shape index (κ1) is 12.5. The molecule has 1 aromatic rings. The van der Waals surface area contributed by atoms with E-state index in [2.05, 4.69) is 0 Å². The summed E-state index contributed by atoms with van der Waals surface area (Å²) in [4.78, 5) is 0. The molecular formula is C14H20FNO. The number of hydrogen-bond acceptors (Lipinski definition) is 2. The summed E-state index contributed by atoms with van der Waals surface area (Å²) in [6.45, 7) is 1.55. The first-order valence-electron chi connectivity index (χ1n) is 6.27. The number of hydrogen-bond donors (Lipinski definition) is 1. The van der Waals surface area contributed by atoms with E-state index in [0.29, 0.717) is 17.9 Å². The molecule has 1 unspecified atom stereocenters. The van der Waals surface area contributed by atoms with Crippen LogP contribution >= 0.6 is 0 Å². The van der Waals surface area contributed by atoms with Crippen molar-refractivity contribution in [2.45, 2.75) is 24.9 Å². The Balaban J connectivity index is 2.08. The van der Waals surface area contributed by atoms with Gasteiger partial charge in [-0.15, -0.1) is 0 Å². The maximum Gasteiger partial charge on any atom is 0.148 e. The third-order valence-electron chi connectivity index (χ3n) is 3.57. The van der Waals surface area contributed by atoms with Crippen LogP contribution in [-0.4, -0.2) is 19.8 Å². The predicted octanol–water partition coefficient (Wildman–Crippen LogP) is 2.63. The van der Waals surface area contributed by atoms with E-state index in [1.807, 2.05) is 30.3 Å². The third kappa shape index (κ3) is 3.05. The highest BCUT2D eigenvalue weighted by Gasteiger charge is 2.33. The number of halogens is 1. The van der Waals surface area contributed by atoms with Gasteiger partial charge in [-0.1, -0.05) is 30.3 Å². The lowest BCUT2D eigenvalue weighted by atomic mass is 9.83. The van der Waals surface area contributed by atoms with Gasteiger partial charge in [0.2, 0.25) is 0 Å². The summed E-state index contributed by atoms with van der Waals surface area (Å²) < 4.78 is 20.2. The van der Waals surface area contributed by atoms with Gasteiger partial charge in [0.1, 0.15) is 5.67 Å². The van der Waals surface area contributed by atoms with E-state index >= 15 is 0 Å². The van der Waals surface area contributed by atoms with Crippen LogP contribution in [0.2, 0.25) is 0 Å². The summed E-state index contributed by atoms with van der Waals surface area (Å²) in [6, 6.07) is 9.28. The van der Waals surface area contributed by atoms with Gasteiger partial charge in [-0.05, 0) is 30.7 Å². The molecule has 0 radical (unpaired) electrons. The topological polar surface area (TPSA) is 35.2 Å². The molecule has 0 amide bonds. The van der Waals surface area contributed by atoms with Gasteiger partial charge in [0.25, 0.3) is 0 Å². The molecule has 0 aromatic heterocycles. The van der Waals surface area contributed by atoms with Crippen molar-refractivity contribution in [1.29, 1.82) is 0 Å². The molecule has 0 bridgehead atoms. The van der Waals surface area contributed by atoms with E-state index in [0.717, 1.165) is 26.1 Å². The van der Waals surface area contributed by atoms with E-state index in [-0.39, 0.29) is 6.54 Å². The molecule has 17 heavy (non-hydrogen) atoms. The first-order valence-corrected chi connectivity index (χ1v) is 6.27. The van der Waals surface area contributed by atoms with Crippen molar-refractivity contribution in [3.05, 3.63) is 35.9 Å². The molecule has 0 spiro atoms. The zero-order valence-electron chi connectivity index (χ0n) is 10.1. The van der Waals surface area contributed by atoms with Crippen molar-refractivity contribution in [2.75, 3.05) is 19.8 Å². The SMILES string of the molecule is NCC(F)(CC1CCOCC1)c1ccccc1. The predicted molar refractivity (Wildman–Crippen MR) is 66.4 cm³/mol. The molecule has 1 saturated heterocycles. The van der Waals surface area contributed by atoms with Crippen molar-refractivity contribution in [3.8, 4) is 0 Å². The van der Waals surface area contributed by atoms with Gasteiger partial charge in [0.15, 0.2) is 0 Å². The molecule has 1 aliphatic heterocycles. The molecule has 3 heteroatoms. The number of alkyl halides is 1. The Morgan fingerprint density at radius 3 is 2.47 bits per heavy atom. The molecule has 1 aromatic carbocycles. The second-order valence-electron chi connectivity index (χ2n) is 4.80. The summed E-state index contributed by atoms with van der Waals surface area (Å²) in [6.07, 6.45) is 2.40. The molecule has 1 heterocycles. The monoisotopic (exact) mass is 237 g/mol. The van der Waals surface area contributed by atoms with Crippen molar-refractivity contribution in [3.63, 3.8) is 0 Å². The average molecular weight is 237 g/mol. The lowest BCUT2D eigenvalue weighted by Gasteiger charge is -2.31. The quantitative estimate of drug-likeness (QED) is 0.873. The van der Waals surface area contributed by atoms with Crippen LogP contribution in [0.15, 0.2) is 30.3 Å². The molecule has 1 aliphatic rings. The van der Waals surface area contributed by atoms with Crippen molar-refractivity contribution < 1.29 is 9.13 Å². The highest BCUT2D eigenvalue weighted by Crippen LogP contribution is 2.35. The normalized spacial score (nSPS) is 21.1. The Kier molecular flexibility index (Phi) is 4.13. The van der Waals surface area contributed by atoms with E-state index in [4.69, 9.17) is 10.5 Å². The smallest absolute Gasteiger partial charge is 0.148 e. The second kappa shape index (κ2) is 5.61. The van der Waals surface area contributed by atoms with Gasteiger partial charge < -0.3 is 10.5 Å². The minimum absolute atomic E-state index is 0.0500. The number of nitrogens with two attached hydrogens (primary N) is 1. The molecule has 2 nitrogen and oxygen atoms in total. The van der Waals surface area contributed by atoms with Crippen LogP contribution in [0.25, 0.3) is 0 Å². The minimum atomic E-state index is -1.39. The van der Waals surface area contributed by atoms with Crippen LogP contribution in [0.4, 0.5) is 4.39 Å². The van der Waals surface area contributed by atoms with Crippen molar-refractivity contribution >= 4 is 0 Å². The zero-order chi connectivity index (χ0) is 12.1. The largest absolute Gasteiger partial charge is 0.381 e. The fourth-order valence-corrected chi connectivity index (χ4v) is 2.46. The Labute approximate surface area is 102 Å². The van der Waals surface area contributed by atoms with Gasteiger partial charge in [0, 0.05) is 19.8 Å². The maximum atomic E-state index is 14.9. The standard InChI is InChI=1S/C14H20FNO/c15-14(11-16,13-4-2-1-3-5-13)10-12-6-8-17-9-7-12/h1-5,12H,6-11,16H2. The summed E-state index contributed by atoms with van der Waals surface area (Å²) in [5.41, 5.74) is 4.97. The summed E-state index contributed by atoms with van der Waals surface area (Å²) in [5.74, 6) is 0.387. The summed E-state index contributed by atoms with van der Waals surface area (Å²) >= 11 is 0. The first-order chi connectivity index (χ1) is 8.24. The maximum absolute atomic E-state index is 14.9. The Morgan fingerprint density at radius 2 is 1.88 bits per heavy atom. The molecular weight excluding hydrogens is 217 g/mol. The molecule has 1 fully saturated rings. The van der Waals surface area contributed by atoms with Crippen LogP contribution < -0.4 is 5.73 Å². The average Bonchev–Trinajstić information content (AvgIpc) is 2.41. The molecule has 0 aliphatic carbocycles. The molecule has 2 rings (SSSR count). The number of ether oxygens (including phenoxy) is 1. The lowest BCUT2D eigenvalue weighted by Crippen LogP contribution is -2.34. The summed E-state index contributed by atoms with van der Waals surface area (Å²) in [7, 11) is 0. The zero-order valence-corrected chi connectivity index (χ0v) is 10.1. The van der Waals surface area contributed by atoms with Crippen LogP contribution in [0.3, 0.4) is 0 Å². The van der Waals surface area contributed by atoms with Gasteiger partial charge in [-0.2, -0.15) is 0 Å². The van der Waals surface area contributed by atoms with Gasteiger partial charge in [-0.25, -0.2) is 4.39 Å². The summed E-state index contributed by atoms with van der Waals surface area (Å²) in [5, 5.41) is 0. The van der Waals surface area contributed by atoms with Crippen LogP contribution in [0, 0.1) is 5.92 Å². The van der Waals surface area contributed by atoms with E-state index in [1.54, 1.807) is 0 Å². The molecule has 1 atom stereocenters. The minimum Gasteiger partial charge on any atom is -0.381 e. The fourth-order valence-electron chi connectivity index (χ4n) is 2.46. The fraction of sp³-hybridized carbons (Fsp3) is 0.571. The lowest BCUT2D eigenvalue weighted by molar-refractivity contribution is 0.0362. The Bertz CT molecular complexity index is 337. The van der Waals surface area contributed by atoms with Crippen LogP contribution in [0.1, 0.15) is 24.8 Å². The van der Waals surface area contributed by atoms with Gasteiger partial charge in [0.05, 0.1) is 0 Å². The van der Waals surface area contributed by atoms with Gasteiger partial charge >= 0.3 is 0 Å². The van der Waals surface area contributed by atoms with Crippen LogP contribution in [-0.2, 0) is 10.4 Å². The Hall–Kier alpha value is -0.930. The van der Waals surface area contributed by atoms with Crippen molar-refractivity contribution in [2.24, 2.45) is 11.7 Å². The highest BCUT2D eigenvalue weighted by atomic mass is 19.1. The van der Waals surface area contributed by atoms with E-state index in [9.17, 15) is 4.39 Å². The second-order valence-corrected chi connectivity index (χ2v) is 4.80. The van der Waals surface area contributed by atoms with Crippen molar-refractivity contribution in [1.82, 2.24) is 0 Å². The highest BCUT2D eigenvalue weighted by molar-refractivity contribution is 5.23. The Morgan fingerprint density at radius 1 is 1.24 bits per heavy atom. The van der Waals surface area contributed by atoms with Gasteiger partial charge in [-0.3, -0.25) is 0 Å².